The highest BCUT2D eigenvalue weighted by atomic mass is 16.2. The summed E-state index contributed by atoms with van der Waals surface area (Å²) < 4.78 is 0. The molecule has 288 valence electrons. The van der Waals surface area contributed by atoms with Gasteiger partial charge in [-0.25, -0.2) is 4.90 Å². The van der Waals surface area contributed by atoms with E-state index in [1.165, 1.54) is 69.1 Å². The molecule has 0 saturated heterocycles. The zero-order valence-corrected chi connectivity index (χ0v) is 32.9. The third-order valence-corrected chi connectivity index (χ3v) is 12.5. The Morgan fingerprint density at radius 2 is 0.786 bits per heavy atom. The van der Waals surface area contributed by atoms with Crippen LogP contribution in [0.15, 0.2) is 72.8 Å². The Morgan fingerprint density at radius 3 is 1.18 bits per heavy atom. The molecule has 2 aliphatic rings. The molecule has 2 heterocycles. The fourth-order valence-electron chi connectivity index (χ4n) is 9.55. The topological polar surface area (TPSA) is 101 Å². The first-order chi connectivity index (χ1) is 27.3. The molecular weight excluding hydrogens is 695 g/mol. The van der Waals surface area contributed by atoms with Gasteiger partial charge in [-0.1, -0.05) is 128 Å². The van der Waals surface area contributed by atoms with Crippen LogP contribution in [0.3, 0.4) is 0 Å². The molecule has 2 aliphatic heterocycles. The second-order valence-electron chi connectivity index (χ2n) is 16.1. The molecule has 0 aromatic heterocycles. The maximum atomic E-state index is 14.6. The number of imide groups is 2. The molecule has 0 unspecified atom stereocenters. The standard InChI is InChI=1S/C49H53N3O4/c1-3-5-7-9-11-13-15-17-32(18-16-14-12-10-8-6-4-2)51-46(53)38-27-23-34-36-25-29-40-45-41(49(56)52(48(40)55)33-21-19-31(50)20-22-33)30-26-37(43(36)45)35-24-28-39(47(51)54)44(38)42(34)35/h19-30,32H,3-18,50H2,1-2H3. The number of nitrogen functional groups attached to an aromatic ring is 1. The van der Waals surface area contributed by atoms with Crippen molar-refractivity contribution in [3.8, 4) is 0 Å². The van der Waals surface area contributed by atoms with Crippen LogP contribution in [0.1, 0.15) is 158 Å². The van der Waals surface area contributed by atoms with E-state index in [0.29, 0.717) is 44.4 Å². The second-order valence-corrected chi connectivity index (χ2v) is 16.1. The summed E-state index contributed by atoms with van der Waals surface area (Å²) in [6, 6.07) is 21.9. The fraction of sp³-hybridized carbons (Fsp3) is 0.388. The molecule has 2 N–H and O–H groups in total. The Kier molecular flexibility index (Phi) is 10.8. The molecule has 4 amide bonds. The van der Waals surface area contributed by atoms with Crippen LogP contribution >= 0.6 is 0 Å². The quantitative estimate of drug-likeness (QED) is 0.0310. The Balaban J connectivity index is 1.15. The maximum absolute atomic E-state index is 14.6. The number of amides is 4. The molecular formula is C49H53N3O4. The first-order valence-corrected chi connectivity index (χ1v) is 21.2. The number of nitrogens with two attached hydrogens (primary N) is 1. The van der Waals surface area contributed by atoms with Crippen molar-refractivity contribution in [2.75, 3.05) is 10.6 Å². The number of unbranched alkanes of at least 4 members (excludes halogenated alkanes) is 12. The van der Waals surface area contributed by atoms with E-state index in [4.69, 9.17) is 5.73 Å². The van der Waals surface area contributed by atoms with Crippen LogP contribution in [0.25, 0.3) is 43.1 Å². The summed E-state index contributed by atoms with van der Waals surface area (Å²) in [6.07, 6.45) is 18.4. The third kappa shape index (κ3) is 6.49. The number of benzene rings is 6. The Bertz CT molecular complexity index is 2330. The van der Waals surface area contributed by atoms with Gasteiger partial charge in [-0.15, -0.1) is 0 Å². The molecule has 7 heteroatoms. The van der Waals surface area contributed by atoms with Crippen molar-refractivity contribution in [1.29, 1.82) is 0 Å². The van der Waals surface area contributed by atoms with Crippen LogP contribution in [-0.4, -0.2) is 34.6 Å². The molecule has 6 aromatic carbocycles. The van der Waals surface area contributed by atoms with E-state index in [0.717, 1.165) is 70.8 Å². The van der Waals surface area contributed by atoms with E-state index < -0.39 is 0 Å². The van der Waals surface area contributed by atoms with Crippen molar-refractivity contribution >= 4 is 78.1 Å². The SMILES string of the molecule is CCCCCCCCCC(CCCCCCCCC)N1C(=O)c2ccc3c4ccc5c6c(ccc(c7ccc(c2c37)C1=O)c64)C(=O)N(c1ccc(N)cc1)C5=O. The molecule has 0 atom stereocenters. The van der Waals surface area contributed by atoms with Gasteiger partial charge >= 0.3 is 0 Å². The summed E-state index contributed by atoms with van der Waals surface area (Å²) >= 11 is 0. The van der Waals surface area contributed by atoms with E-state index in [-0.39, 0.29) is 29.7 Å². The summed E-state index contributed by atoms with van der Waals surface area (Å²) in [5.41, 5.74) is 8.98. The van der Waals surface area contributed by atoms with Crippen LogP contribution < -0.4 is 10.6 Å². The molecule has 0 saturated carbocycles. The van der Waals surface area contributed by atoms with Crippen molar-refractivity contribution in [2.45, 2.75) is 123 Å². The minimum Gasteiger partial charge on any atom is -0.399 e. The summed E-state index contributed by atoms with van der Waals surface area (Å²) in [4.78, 5) is 60.1. The Hall–Kier alpha value is -5.30. The monoisotopic (exact) mass is 747 g/mol. The van der Waals surface area contributed by atoms with Crippen LogP contribution in [0.4, 0.5) is 11.4 Å². The van der Waals surface area contributed by atoms with E-state index in [9.17, 15) is 19.2 Å². The first-order valence-electron chi connectivity index (χ1n) is 21.2. The highest BCUT2D eigenvalue weighted by molar-refractivity contribution is 6.43. The van der Waals surface area contributed by atoms with Crippen molar-refractivity contribution in [2.24, 2.45) is 0 Å². The van der Waals surface area contributed by atoms with Gasteiger partial charge < -0.3 is 5.73 Å². The number of hydrogen-bond acceptors (Lipinski definition) is 5. The van der Waals surface area contributed by atoms with E-state index in [1.807, 2.05) is 36.4 Å². The van der Waals surface area contributed by atoms with Crippen molar-refractivity contribution in [3.05, 3.63) is 95.1 Å². The summed E-state index contributed by atoms with van der Waals surface area (Å²) in [6.45, 7) is 4.47. The minimum atomic E-state index is -0.383. The lowest BCUT2D eigenvalue weighted by molar-refractivity contribution is 0.0516. The van der Waals surface area contributed by atoms with Crippen LogP contribution in [0.5, 0.6) is 0 Å². The predicted molar refractivity (Wildman–Crippen MR) is 229 cm³/mol. The van der Waals surface area contributed by atoms with E-state index >= 15 is 0 Å². The average molecular weight is 748 g/mol. The summed E-state index contributed by atoms with van der Waals surface area (Å²) in [7, 11) is 0. The number of fused-ring (bicyclic) bond motifs is 2. The second kappa shape index (κ2) is 16.0. The molecule has 0 radical (unpaired) electrons. The van der Waals surface area contributed by atoms with Crippen LogP contribution in [-0.2, 0) is 0 Å². The summed E-state index contributed by atoms with van der Waals surface area (Å²) in [5, 5.41) is 6.63. The highest BCUT2D eigenvalue weighted by Crippen LogP contribution is 2.47. The van der Waals surface area contributed by atoms with E-state index in [2.05, 4.69) is 13.8 Å². The zero-order chi connectivity index (χ0) is 38.9. The zero-order valence-electron chi connectivity index (χ0n) is 32.9. The summed E-state index contributed by atoms with van der Waals surface area (Å²) in [5.74, 6) is -1.16. The Morgan fingerprint density at radius 1 is 0.429 bits per heavy atom. The minimum absolute atomic E-state index is 0.128. The third-order valence-electron chi connectivity index (χ3n) is 12.5. The molecule has 0 aliphatic carbocycles. The number of hydrogen-bond donors (Lipinski definition) is 1. The number of anilines is 2. The number of nitrogens with zero attached hydrogens (tertiary/aromatic N) is 2. The molecule has 56 heavy (non-hydrogen) atoms. The highest BCUT2D eigenvalue weighted by Gasteiger charge is 2.39. The van der Waals surface area contributed by atoms with Gasteiger partial charge in [-0.2, -0.15) is 0 Å². The van der Waals surface area contributed by atoms with Gasteiger partial charge in [-0.3, -0.25) is 24.1 Å². The van der Waals surface area contributed by atoms with Gasteiger partial charge in [0.25, 0.3) is 23.6 Å². The molecule has 0 spiro atoms. The normalized spacial score (nSPS) is 14.3. The van der Waals surface area contributed by atoms with Gasteiger partial charge in [0, 0.05) is 44.8 Å². The lowest BCUT2D eigenvalue weighted by Crippen LogP contribution is -2.47. The lowest BCUT2D eigenvalue weighted by atomic mass is 9.82. The largest absolute Gasteiger partial charge is 0.399 e. The first kappa shape index (κ1) is 37.6. The van der Waals surface area contributed by atoms with Crippen molar-refractivity contribution < 1.29 is 19.2 Å². The average Bonchev–Trinajstić information content (AvgIpc) is 3.21. The Labute approximate surface area is 329 Å². The predicted octanol–water partition coefficient (Wildman–Crippen LogP) is 12.4. The van der Waals surface area contributed by atoms with Gasteiger partial charge in [0.05, 0.1) is 5.69 Å². The lowest BCUT2D eigenvalue weighted by Gasteiger charge is -2.35. The van der Waals surface area contributed by atoms with Gasteiger partial charge in [0.2, 0.25) is 0 Å². The van der Waals surface area contributed by atoms with Gasteiger partial charge in [0.1, 0.15) is 0 Å². The molecule has 8 rings (SSSR count). The van der Waals surface area contributed by atoms with Gasteiger partial charge in [-0.05, 0) is 93.7 Å². The molecule has 6 aromatic rings. The molecule has 0 bridgehead atoms. The smallest absolute Gasteiger partial charge is 0.265 e. The molecule has 0 fully saturated rings. The number of carbonyl (C=O) groups excluding carboxylic acids is 4. The fourth-order valence-corrected chi connectivity index (χ4v) is 9.55. The van der Waals surface area contributed by atoms with E-state index in [1.54, 1.807) is 41.3 Å². The number of carbonyl (C=O) groups is 4. The number of rotatable bonds is 18. The molecule has 7 nitrogen and oxygen atoms in total. The van der Waals surface area contributed by atoms with Gasteiger partial charge in [0.15, 0.2) is 0 Å². The van der Waals surface area contributed by atoms with Crippen LogP contribution in [0.2, 0.25) is 0 Å². The maximum Gasteiger partial charge on any atom is 0.265 e. The van der Waals surface area contributed by atoms with Crippen molar-refractivity contribution in [1.82, 2.24) is 4.90 Å². The van der Waals surface area contributed by atoms with Crippen molar-refractivity contribution in [3.63, 3.8) is 0 Å². The van der Waals surface area contributed by atoms with Crippen LogP contribution in [0, 0.1) is 0 Å².